The molecule has 3 N–H and O–H groups in total. The number of aryl methyl sites for hydroxylation is 1. The third kappa shape index (κ3) is 27.6. The minimum absolute atomic E-state index is 0.265. The summed E-state index contributed by atoms with van der Waals surface area (Å²) in [6.45, 7) is 4.29. The number of aliphatic hydroxyl groups excluding tert-OH is 3. The molecule has 0 bridgehead atoms. The molecule has 0 aliphatic carbocycles. The first-order valence-corrected chi connectivity index (χ1v) is 22.5. The van der Waals surface area contributed by atoms with Crippen LogP contribution in [0.5, 0.6) is 0 Å². The first-order valence-electron chi connectivity index (χ1n) is 22.5. The van der Waals surface area contributed by atoms with Gasteiger partial charge in [0.1, 0.15) is 12.1 Å². The fraction of sp³-hybridized carbons (Fsp3) is 0.955. The van der Waals surface area contributed by atoms with E-state index in [2.05, 4.69) is 24.2 Å². The van der Waals surface area contributed by atoms with Crippen LogP contribution in [0.4, 0.5) is 0 Å². The van der Waals surface area contributed by atoms with Crippen molar-refractivity contribution >= 4 is 0 Å². The summed E-state index contributed by atoms with van der Waals surface area (Å²) in [6, 6.07) is -0.659. The van der Waals surface area contributed by atoms with E-state index in [1.54, 1.807) is 4.68 Å². The lowest BCUT2D eigenvalue weighted by Gasteiger charge is -2.25. The maximum atomic E-state index is 10.8. The molecule has 0 unspecified atom stereocenters. The largest absolute Gasteiger partial charge is 0.394 e. The monoisotopic (exact) mass is 706 g/mol. The first-order chi connectivity index (χ1) is 24.6. The summed E-state index contributed by atoms with van der Waals surface area (Å²) in [6.07, 6.45) is 47.2. The minimum atomic E-state index is -1.04. The molecule has 296 valence electrons. The lowest BCUT2D eigenvalue weighted by molar-refractivity contribution is -0.0350. The van der Waals surface area contributed by atoms with Crippen LogP contribution in [0.2, 0.25) is 0 Å². The van der Waals surface area contributed by atoms with Crippen LogP contribution in [-0.4, -0.2) is 49.1 Å². The van der Waals surface area contributed by atoms with E-state index in [0.29, 0.717) is 6.42 Å². The predicted octanol–water partition coefficient (Wildman–Crippen LogP) is 12.8. The van der Waals surface area contributed by atoms with Crippen LogP contribution in [0.1, 0.15) is 250 Å². The zero-order chi connectivity index (χ0) is 36.2. The molecule has 0 aromatic carbocycles. The molecule has 0 amide bonds. The van der Waals surface area contributed by atoms with Crippen molar-refractivity contribution in [2.24, 2.45) is 0 Å². The molecule has 1 heterocycles. The van der Waals surface area contributed by atoms with Gasteiger partial charge in [0.05, 0.1) is 18.4 Å². The van der Waals surface area contributed by atoms with Gasteiger partial charge in [-0.3, -0.25) is 0 Å². The Morgan fingerprint density at radius 3 is 1.14 bits per heavy atom. The number of nitrogens with zero attached hydrogens (tertiary/aromatic N) is 3. The molecular weight excluding hydrogens is 619 g/mol. The van der Waals surface area contributed by atoms with Gasteiger partial charge in [-0.15, -0.1) is 5.10 Å². The predicted molar refractivity (Wildman–Crippen MR) is 215 cm³/mol. The Balaban J connectivity index is 1.96. The Morgan fingerprint density at radius 1 is 0.480 bits per heavy atom. The van der Waals surface area contributed by atoms with Crippen LogP contribution < -0.4 is 0 Å². The van der Waals surface area contributed by atoms with Crippen LogP contribution in [0, 0.1) is 0 Å². The first kappa shape index (κ1) is 47.0. The molecule has 0 fully saturated rings. The number of aliphatic hydroxyl groups is 3. The topological polar surface area (TPSA) is 91.4 Å². The van der Waals surface area contributed by atoms with Gasteiger partial charge in [-0.25, -0.2) is 4.68 Å². The lowest BCUT2D eigenvalue weighted by atomic mass is 9.99. The van der Waals surface area contributed by atoms with Crippen molar-refractivity contribution in [1.82, 2.24) is 15.0 Å². The SMILES string of the molecule is CCCCCCCCCCCCCCCCCCCCCCCCc1cn([C@@H](CO)[C@H](O)[C@H](O)CCCCCCCCCCCCCC)nn1. The van der Waals surface area contributed by atoms with Gasteiger partial charge in [-0.1, -0.05) is 231 Å². The average molecular weight is 706 g/mol. The van der Waals surface area contributed by atoms with E-state index < -0.39 is 18.2 Å². The van der Waals surface area contributed by atoms with Gasteiger partial charge in [0.15, 0.2) is 0 Å². The van der Waals surface area contributed by atoms with E-state index in [9.17, 15) is 15.3 Å². The highest BCUT2D eigenvalue weighted by atomic mass is 16.3. The van der Waals surface area contributed by atoms with Crippen molar-refractivity contribution in [1.29, 1.82) is 0 Å². The van der Waals surface area contributed by atoms with Gasteiger partial charge in [0.2, 0.25) is 0 Å². The zero-order valence-corrected chi connectivity index (χ0v) is 33.7. The molecule has 1 rings (SSSR count). The van der Waals surface area contributed by atoms with Gasteiger partial charge >= 0.3 is 0 Å². The van der Waals surface area contributed by atoms with Crippen LogP contribution >= 0.6 is 0 Å². The fourth-order valence-corrected chi connectivity index (χ4v) is 7.47. The Morgan fingerprint density at radius 2 is 0.800 bits per heavy atom. The van der Waals surface area contributed by atoms with Crippen molar-refractivity contribution in [3.8, 4) is 0 Å². The molecule has 0 aliphatic rings. The highest BCUT2D eigenvalue weighted by Crippen LogP contribution is 2.20. The quantitative estimate of drug-likeness (QED) is 0.0591. The second-order valence-electron chi connectivity index (χ2n) is 15.9. The van der Waals surface area contributed by atoms with Crippen LogP contribution in [-0.2, 0) is 6.42 Å². The number of hydrogen-bond acceptors (Lipinski definition) is 5. The van der Waals surface area contributed by atoms with Gasteiger partial charge in [0.25, 0.3) is 0 Å². The van der Waals surface area contributed by atoms with Gasteiger partial charge in [0, 0.05) is 6.20 Å². The molecule has 0 aliphatic heterocycles. The van der Waals surface area contributed by atoms with E-state index >= 15 is 0 Å². The molecule has 0 spiro atoms. The molecule has 1 aromatic rings. The molecule has 3 atom stereocenters. The van der Waals surface area contributed by atoms with Crippen LogP contribution in [0.3, 0.4) is 0 Å². The number of hydrogen-bond donors (Lipinski definition) is 3. The number of unbranched alkanes of at least 4 members (excludes halogenated alkanes) is 32. The summed E-state index contributed by atoms with van der Waals surface area (Å²) >= 11 is 0. The molecule has 1 aromatic heterocycles. The Hall–Kier alpha value is -0.980. The third-order valence-electron chi connectivity index (χ3n) is 11.0. The van der Waals surface area contributed by atoms with Crippen LogP contribution in [0.25, 0.3) is 0 Å². The standard InChI is InChI=1S/C44H87N3O3/c1-3-5-7-9-11-13-15-17-18-19-20-21-22-23-24-25-26-27-29-31-33-35-37-41-39-47(46-45-41)42(40-48)44(50)43(49)38-36-34-32-30-28-16-14-12-10-8-6-4-2/h39,42-44,48-50H,3-38,40H2,1-2H3/t42-,43+,44-/m0/s1. The molecule has 6 heteroatoms. The van der Waals surface area contributed by atoms with Gasteiger partial charge in [-0.05, 0) is 19.3 Å². The maximum Gasteiger partial charge on any atom is 0.105 e. The molecule has 6 nitrogen and oxygen atoms in total. The van der Waals surface area contributed by atoms with Crippen LogP contribution in [0.15, 0.2) is 6.20 Å². The van der Waals surface area contributed by atoms with Crippen molar-refractivity contribution in [3.63, 3.8) is 0 Å². The molecule has 50 heavy (non-hydrogen) atoms. The molecule has 0 radical (unpaired) electrons. The Kier molecular flexibility index (Phi) is 34.2. The Labute approximate surface area is 311 Å². The van der Waals surface area contributed by atoms with E-state index in [1.165, 1.54) is 199 Å². The van der Waals surface area contributed by atoms with Gasteiger partial charge in [-0.2, -0.15) is 0 Å². The maximum absolute atomic E-state index is 10.8. The number of aromatic nitrogens is 3. The minimum Gasteiger partial charge on any atom is -0.394 e. The molecule has 0 saturated heterocycles. The van der Waals surface area contributed by atoms with Crippen molar-refractivity contribution in [2.45, 2.75) is 263 Å². The van der Waals surface area contributed by atoms with Crippen molar-refractivity contribution in [3.05, 3.63) is 11.9 Å². The summed E-state index contributed by atoms with van der Waals surface area (Å²) < 4.78 is 1.56. The summed E-state index contributed by atoms with van der Waals surface area (Å²) in [4.78, 5) is 0. The van der Waals surface area contributed by atoms with E-state index in [4.69, 9.17) is 0 Å². The molecular formula is C44H87N3O3. The average Bonchev–Trinajstić information content (AvgIpc) is 3.59. The third-order valence-corrected chi connectivity index (χ3v) is 11.0. The summed E-state index contributed by atoms with van der Waals surface area (Å²) in [5.74, 6) is 0. The highest BCUT2D eigenvalue weighted by Gasteiger charge is 2.28. The summed E-state index contributed by atoms with van der Waals surface area (Å²) in [5.41, 5.74) is 0.902. The van der Waals surface area contributed by atoms with Crippen molar-refractivity contribution < 1.29 is 15.3 Å². The smallest absolute Gasteiger partial charge is 0.105 e. The lowest BCUT2D eigenvalue weighted by Crippen LogP contribution is -2.37. The summed E-state index contributed by atoms with van der Waals surface area (Å²) in [5, 5.41) is 39.9. The second kappa shape index (κ2) is 36.4. The zero-order valence-electron chi connectivity index (χ0n) is 33.7. The number of rotatable bonds is 40. The Bertz CT molecular complexity index is 803. The van der Waals surface area contributed by atoms with E-state index in [0.717, 1.165) is 31.4 Å². The highest BCUT2D eigenvalue weighted by molar-refractivity contribution is 4.95. The van der Waals surface area contributed by atoms with E-state index in [1.807, 2.05) is 6.20 Å². The van der Waals surface area contributed by atoms with E-state index in [-0.39, 0.29) is 6.61 Å². The second-order valence-corrected chi connectivity index (χ2v) is 15.9. The summed E-state index contributed by atoms with van der Waals surface area (Å²) in [7, 11) is 0. The fourth-order valence-electron chi connectivity index (χ4n) is 7.47. The normalized spacial score (nSPS) is 13.6. The molecule has 0 saturated carbocycles. The van der Waals surface area contributed by atoms with Crippen molar-refractivity contribution in [2.75, 3.05) is 6.61 Å². The van der Waals surface area contributed by atoms with Gasteiger partial charge < -0.3 is 15.3 Å².